The summed E-state index contributed by atoms with van der Waals surface area (Å²) in [6.07, 6.45) is 0.607. The average molecular weight is 337 g/mol. The Kier molecular flexibility index (Phi) is 4.44. The normalized spacial score (nSPS) is 17.6. The van der Waals surface area contributed by atoms with Crippen LogP contribution >= 0.6 is 0 Å². The number of fused-ring (bicyclic) bond motifs is 1. The van der Waals surface area contributed by atoms with Crippen molar-refractivity contribution in [1.82, 2.24) is 19.2 Å². The van der Waals surface area contributed by atoms with Crippen molar-refractivity contribution in [1.29, 1.82) is 0 Å². The van der Waals surface area contributed by atoms with Crippen molar-refractivity contribution in [3.05, 3.63) is 40.4 Å². The molecule has 0 aliphatic carbocycles. The Bertz CT molecular complexity index is 856. The van der Waals surface area contributed by atoms with Gasteiger partial charge in [0.05, 0.1) is 10.9 Å². The molecule has 1 aliphatic rings. The Morgan fingerprint density at radius 3 is 2.57 bits per heavy atom. The standard InChI is InChI=1S/C14H19N5O3S/c15-23(21,22)19-9-7-18(8-10-19)6-5-13-16-12-4-2-1-3-11(12)14(20)17-13/h1-4H,5-10H2,(H2,15,21,22)(H,16,17,20). The van der Waals surface area contributed by atoms with Crippen LogP contribution in [0.5, 0.6) is 0 Å². The minimum atomic E-state index is -3.60. The molecule has 9 heteroatoms. The lowest BCUT2D eigenvalue weighted by atomic mass is 10.2. The first kappa shape index (κ1) is 16.1. The summed E-state index contributed by atoms with van der Waals surface area (Å²) in [5, 5.41) is 5.70. The summed E-state index contributed by atoms with van der Waals surface area (Å²) in [4.78, 5) is 21.4. The van der Waals surface area contributed by atoms with Crippen molar-refractivity contribution in [2.24, 2.45) is 5.14 Å². The maximum atomic E-state index is 12.0. The van der Waals surface area contributed by atoms with Gasteiger partial charge in [-0.2, -0.15) is 12.7 Å². The number of nitrogens with zero attached hydrogens (tertiary/aromatic N) is 3. The van der Waals surface area contributed by atoms with Gasteiger partial charge < -0.3 is 9.88 Å². The van der Waals surface area contributed by atoms with E-state index in [0.29, 0.717) is 55.9 Å². The molecular formula is C14H19N5O3S. The Hall–Kier alpha value is -1.81. The number of H-pyrrole nitrogens is 1. The molecule has 0 saturated carbocycles. The maximum absolute atomic E-state index is 12.0. The van der Waals surface area contributed by atoms with Crippen LogP contribution in [0.3, 0.4) is 0 Å². The summed E-state index contributed by atoms with van der Waals surface area (Å²) in [5.74, 6) is 0.641. The Balaban J connectivity index is 1.62. The second-order valence-electron chi connectivity index (χ2n) is 5.57. The highest BCUT2D eigenvalue weighted by Gasteiger charge is 2.23. The predicted octanol–water partition coefficient (Wildman–Crippen LogP) is -0.713. The van der Waals surface area contributed by atoms with Crippen molar-refractivity contribution in [2.45, 2.75) is 6.42 Å². The van der Waals surface area contributed by atoms with Gasteiger partial charge in [0.2, 0.25) is 0 Å². The van der Waals surface area contributed by atoms with Crippen LogP contribution in [0.4, 0.5) is 0 Å². The molecular weight excluding hydrogens is 318 g/mol. The minimum Gasteiger partial charge on any atom is -0.310 e. The molecule has 1 aromatic heterocycles. The third-order valence-corrected chi connectivity index (χ3v) is 5.10. The van der Waals surface area contributed by atoms with Crippen LogP contribution < -0.4 is 10.7 Å². The molecule has 1 saturated heterocycles. The number of piperazine rings is 1. The first-order valence-electron chi connectivity index (χ1n) is 7.41. The fourth-order valence-electron chi connectivity index (χ4n) is 2.72. The lowest BCUT2D eigenvalue weighted by molar-refractivity contribution is 0.189. The van der Waals surface area contributed by atoms with E-state index in [0.717, 1.165) is 0 Å². The smallest absolute Gasteiger partial charge is 0.276 e. The van der Waals surface area contributed by atoms with Crippen molar-refractivity contribution in [2.75, 3.05) is 32.7 Å². The highest BCUT2D eigenvalue weighted by atomic mass is 32.2. The Labute approximate surface area is 134 Å². The van der Waals surface area contributed by atoms with Gasteiger partial charge in [-0.1, -0.05) is 12.1 Å². The molecule has 3 N–H and O–H groups in total. The first-order valence-corrected chi connectivity index (χ1v) is 8.92. The molecule has 1 aromatic carbocycles. The molecule has 124 valence electrons. The van der Waals surface area contributed by atoms with Crippen LogP contribution in [0.15, 0.2) is 29.1 Å². The molecule has 0 bridgehead atoms. The zero-order valence-corrected chi connectivity index (χ0v) is 13.4. The molecule has 2 aromatic rings. The van der Waals surface area contributed by atoms with Gasteiger partial charge in [0.25, 0.3) is 15.8 Å². The molecule has 0 spiro atoms. The van der Waals surface area contributed by atoms with Crippen LogP contribution in [-0.4, -0.2) is 60.3 Å². The predicted molar refractivity (Wildman–Crippen MR) is 87.2 cm³/mol. The lowest BCUT2D eigenvalue weighted by Gasteiger charge is -2.32. The van der Waals surface area contributed by atoms with Crippen LogP contribution in [0.1, 0.15) is 5.82 Å². The highest BCUT2D eigenvalue weighted by Crippen LogP contribution is 2.08. The molecule has 8 nitrogen and oxygen atoms in total. The van der Waals surface area contributed by atoms with Crippen molar-refractivity contribution < 1.29 is 8.42 Å². The summed E-state index contributed by atoms with van der Waals surface area (Å²) in [6.45, 7) is 2.73. The van der Waals surface area contributed by atoms with E-state index in [4.69, 9.17) is 5.14 Å². The number of aromatic nitrogens is 2. The van der Waals surface area contributed by atoms with E-state index in [9.17, 15) is 13.2 Å². The van der Waals surface area contributed by atoms with E-state index in [1.54, 1.807) is 6.07 Å². The molecule has 0 amide bonds. The number of hydrogen-bond donors (Lipinski definition) is 2. The van der Waals surface area contributed by atoms with E-state index in [2.05, 4.69) is 14.9 Å². The van der Waals surface area contributed by atoms with Crippen molar-refractivity contribution in [3.8, 4) is 0 Å². The largest absolute Gasteiger partial charge is 0.310 e. The van der Waals surface area contributed by atoms with Crippen molar-refractivity contribution >= 4 is 21.1 Å². The summed E-state index contributed by atoms with van der Waals surface area (Å²) in [5.41, 5.74) is 0.551. The van der Waals surface area contributed by atoms with Gasteiger partial charge in [0.1, 0.15) is 5.82 Å². The number of benzene rings is 1. The molecule has 1 aliphatic heterocycles. The third-order valence-electron chi connectivity index (χ3n) is 4.02. The number of rotatable bonds is 4. The van der Waals surface area contributed by atoms with Gasteiger partial charge in [0, 0.05) is 39.1 Å². The highest BCUT2D eigenvalue weighted by molar-refractivity contribution is 7.86. The monoisotopic (exact) mass is 337 g/mol. The third kappa shape index (κ3) is 3.75. The van der Waals surface area contributed by atoms with Gasteiger partial charge in [-0.05, 0) is 12.1 Å². The number of nitrogens with one attached hydrogen (secondary N) is 1. The van der Waals surface area contributed by atoms with Crippen LogP contribution in [-0.2, 0) is 16.6 Å². The molecule has 23 heavy (non-hydrogen) atoms. The van der Waals surface area contributed by atoms with Crippen LogP contribution in [0.25, 0.3) is 10.9 Å². The topological polar surface area (TPSA) is 112 Å². The van der Waals surface area contributed by atoms with Crippen LogP contribution in [0, 0.1) is 0 Å². The fraction of sp³-hybridized carbons (Fsp3) is 0.429. The zero-order chi connectivity index (χ0) is 16.4. The van der Waals surface area contributed by atoms with E-state index >= 15 is 0 Å². The molecule has 0 unspecified atom stereocenters. The summed E-state index contributed by atoms with van der Waals surface area (Å²) < 4.78 is 23.8. The summed E-state index contributed by atoms with van der Waals surface area (Å²) >= 11 is 0. The summed E-state index contributed by atoms with van der Waals surface area (Å²) in [7, 11) is -3.60. The quantitative estimate of drug-likeness (QED) is 0.765. The molecule has 2 heterocycles. The Morgan fingerprint density at radius 1 is 1.17 bits per heavy atom. The van der Waals surface area contributed by atoms with E-state index in [1.807, 2.05) is 18.2 Å². The maximum Gasteiger partial charge on any atom is 0.276 e. The second kappa shape index (κ2) is 6.36. The number of nitrogens with two attached hydrogens (primary N) is 1. The fourth-order valence-corrected chi connectivity index (χ4v) is 3.40. The van der Waals surface area contributed by atoms with E-state index < -0.39 is 10.2 Å². The molecule has 0 atom stereocenters. The molecule has 3 rings (SSSR count). The Morgan fingerprint density at radius 2 is 1.87 bits per heavy atom. The minimum absolute atomic E-state index is 0.135. The van der Waals surface area contributed by atoms with E-state index in [1.165, 1.54) is 4.31 Å². The van der Waals surface area contributed by atoms with Gasteiger partial charge >= 0.3 is 0 Å². The van der Waals surface area contributed by atoms with Crippen molar-refractivity contribution in [3.63, 3.8) is 0 Å². The van der Waals surface area contributed by atoms with Crippen LogP contribution in [0.2, 0.25) is 0 Å². The number of para-hydroxylation sites is 1. The second-order valence-corrected chi connectivity index (χ2v) is 7.11. The first-order chi connectivity index (χ1) is 10.9. The summed E-state index contributed by atoms with van der Waals surface area (Å²) in [6, 6.07) is 7.23. The molecule has 1 fully saturated rings. The SMILES string of the molecule is NS(=O)(=O)N1CCN(CCc2nc3ccccc3c(=O)[nH]2)CC1. The lowest BCUT2D eigenvalue weighted by Crippen LogP contribution is -2.51. The van der Waals surface area contributed by atoms with Gasteiger partial charge in [-0.25, -0.2) is 10.1 Å². The van der Waals surface area contributed by atoms with Gasteiger partial charge in [0.15, 0.2) is 0 Å². The molecule has 0 radical (unpaired) electrons. The zero-order valence-electron chi connectivity index (χ0n) is 12.6. The average Bonchev–Trinajstić information content (AvgIpc) is 2.52. The van der Waals surface area contributed by atoms with Gasteiger partial charge in [-0.3, -0.25) is 4.79 Å². The number of hydrogen-bond acceptors (Lipinski definition) is 5. The number of aromatic amines is 1. The van der Waals surface area contributed by atoms with Gasteiger partial charge in [-0.15, -0.1) is 0 Å². The van der Waals surface area contributed by atoms with E-state index in [-0.39, 0.29) is 5.56 Å².